The summed E-state index contributed by atoms with van der Waals surface area (Å²) in [6, 6.07) is 3.22. The maximum Gasteiger partial charge on any atom is 0.208 e. The fourth-order valence-electron chi connectivity index (χ4n) is 1.85. The summed E-state index contributed by atoms with van der Waals surface area (Å²) in [6.45, 7) is 3.21. The van der Waals surface area contributed by atoms with Gasteiger partial charge in [0.05, 0.1) is 12.8 Å². The Bertz CT molecular complexity index is 378. The Hall–Kier alpha value is -1.49. The molecule has 1 aromatic carbocycles. The van der Waals surface area contributed by atoms with E-state index in [1.54, 1.807) is 6.07 Å². The predicted octanol–water partition coefficient (Wildman–Crippen LogP) is 0.949. The van der Waals surface area contributed by atoms with Crippen LogP contribution in [-0.4, -0.2) is 38.4 Å². The van der Waals surface area contributed by atoms with Gasteiger partial charge in [0.25, 0.3) is 0 Å². The highest BCUT2D eigenvalue weighted by Gasteiger charge is 2.19. The molecule has 1 heterocycles. The molecule has 16 heavy (non-hydrogen) atoms. The van der Waals surface area contributed by atoms with Crippen molar-refractivity contribution in [1.29, 1.82) is 0 Å². The number of phenols is 1. The Balaban J connectivity index is 2.30. The van der Waals surface area contributed by atoms with E-state index >= 15 is 0 Å². The zero-order valence-corrected chi connectivity index (χ0v) is 9.16. The van der Waals surface area contributed by atoms with Crippen LogP contribution < -0.4 is 15.0 Å². The van der Waals surface area contributed by atoms with Gasteiger partial charge in [0.2, 0.25) is 5.82 Å². The lowest BCUT2D eigenvalue weighted by atomic mass is 10.2. The number of piperazine rings is 1. The number of rotatable bonds is 2. The molecule has 0 bridgehead atoms. The first kappa shape index (κ1) is 11.0. The van der Waals surface area contributed by atoms with Gasteiger partial charge in [-0.2, -0.15) is 4.39 Å². The molecule has 0 saturated carbocycles. The van der Waals surface area contributed by atoms with Gasteiger partial charge in [-0.1, -0.05) is 0 Å². The van der Waals surface area contributed by atoms with Gasteiger partial charge in [-0.15, -0.1) is 0 Å². The molecule has 1 fully saturated rings. The van der Waals surface area contributed by atoms with E-state index in [9.17, 15) is 9.50 Å². The SMILES string of the molecule is COc1ccc(N2CCNCC2)c(O)c1F. The maximum atomic E-state index is 13.6. The Morgan fingerprint density at radius 1 is 1.38 bits per heavy atom. The number of halogens is 1. The molecule has 2 N–H and O–H groups in total. The second kappa shape index (κ2) is 4.57. The maximum absolute atomic E-state index is 13.6. The van der Waals surface area contributed by atoms with E-state index in [1.165, 1.54) is 13.2 Å². The van der Waals surface area contributed by atoms with Gasteiger partial charge in [0, 0.05) is 26.2 Å². The van der Waals surface area contributed by atoms with Gasteiger partial charge in [0.15, 0.2) is 11.5 Å². The van der Waals surface area contributed by atoms with Crippen molar-refractivity contribution in [2.45, 2.75) is 0 Å². The number of hydrogen-bond acceptors (Lipinski definition) is 4. The van der Waals surface area contributed by atoms with Crippen LogP contribution in [0.25, 0.3) is 0 Å². The summed E-state index contributed by atoms with van der Waals surface area (Å²) < 4.78 is 18.4. The van der Waals surface area contributed by atoms with Crippen LogP contribution >= 0.6 is 0 Å². The molecule has 0 aliphatic carbocycles. The van der Waals surface area contributed by atoms with E-state index in [4.69, 9.17) is 4.74 Å². The number of ether oxygens (including phenoxy) is 1. The third kappa shape index (κ3) is 1.90. The zero-order valence-electron chi connectivity index (χ0n) is 9.16. The quantitative estimate of drug-likeness (QED) is 0.788. The highest BCUT2D eigenvalue weighted by atomic mass is 19.1. The molecule has 4 nitrogen and oxygen atoms in total. The van der Waals surface area contributed by atoms with E-state index in [-0.39, 0.29) is 11.5 Å². The second-order valence-corrected chi connectivity index (χ2v) is 3.69. The van der Waals surface area contributed by atoms with Gasteiger partial charge in [-0.3, -0.25) is 0 Å². The van der Waals surface area contributed by atoms with Crippen molar-refractivity contribution in [2.24, 2.45) is 0 Å². The summed E-state index contributed by atoms with van der Waals surface area (Å²) in [4.78, 5) is 1.95. The van der Waals surface area contributed by atoms with Crippen LogP contribution in [0.5, 0.6) is 11.5 Å². The number of benzene rings is 1. The number of nitrogens with zero attached hydrogens (tertiary/aromatic N) is 1. The highest BCUT2D eigenvalue weighted by molar-refractivity contribution is 5.61. The minimum atomic E-state index is -0.696. The highest BCUT2D eigenvalue weighted by Crippen LogP contribution is 2.35. The van der Waals surface area contributed by atoms with Gasteiger partial charge in [0.1, 0.15) is 0 Å². The molecule has 0 atom stereocenters. The molecule has 2 rings (SSSR count). The van der Waals surface area contributed by atoms with E-state index in [0.717, 1.165) is 26.2 Å². The standard InChI is InChI=1S/C11H15FN2O2/c1-16-9-3-2-8(11(15)10(9)12)14-6-4-13-5-7-14/h2-3,13,15H,4-7H2,1H3. The van der Waals surface area contributed by atoms with Gasteiger partial charge < -0.3 is 20.1 Å². The number of nitrogens with one attached hydrogen (secondary N) is 1. The molecule has 0 amide bonds. The summed E-state index contributed by atoms with van der Waals surface area (Å²) in [5.74, 6) is -0.962. The van der Waals surface area contributed by atoms with Crippen LogP contribution in [0.2, 0.25) is 0 Å². The number of aromatic hydroxyl groups is 1. The second-order valence-electron chi connectivity index (χ2n) is 3.69. The van der Waals surface area contributed by atoms with Crippen molar-refractivity contribution in [1.82, 2.24) is 5.32 Å². The van der Waals surface area contributed by atoms with E-state index in [2.05, 4.69) is 5.32 Å². The Labute approximate surface area is 93.6 Å². The van der Waals surface area contributed by atoms with E-state index in [0.29, 0.717) is 5.69 Å². The lowest BCUT2D eigenvalue weighted by molar-refractivity contribution is 0.364. The molecule has 0 radical (unpaired) electrons. The third-order valence-corrected chi connectivity index (χ3v) is 2.74. The van der Waals surface area contributed by atoms with Crippen LogP contribution in [-0.2, 0) is 0 Å². The van der Waals surface area contributed by atoms with Crippen molar-refractivity contribution in [3.05, 3.63) is 17.9 Å². The summed E-state index contributed by atoms with van der Waals surface area (Å²) in [7, 11) is 1.38. The Morgan fingerprint density at radius 3 is 2.69 bits per heavy atom. The molecule has 88 valence electrons. The molecular formula is C11H15FN2O2. The summed E-state index contributed by atoms with van der Waals surface area (Å²) in [5, 5.41) is 12.9. The fourth-order valence-corrected chi connectivity index (χ4v) is 1.85. The van der Waals surface area contributed by atoms with Crippen LogP contribution in [0.4, 0.5) is 10.1 Å². The van der Waals surface area contributed by atoms with Gasteiger partial charge in [-0.25, -0.2) is 0 Å². The van der Waals surface area contributed by atoms with Crippen LogP contribution in [0.3, 0.4) is 0 Å². The zero-order chi connectivity index (χ0) is 11.5. The molecule has 1 saturated heterocycles. The first-order chi connectivity index (χ1) is 7.74. The number of phenolic OH excluding ortho intramolecular Hbond substituents is 1. The lowest BCUT2D eigenvalue weighted by Gasteiger charge is -2.30. The summed E-state index contributed by atoms with van der Waals surface area (Å²) in [6.07, 6.45) is 0. The average molecular weight is 226 g/mol. The van der Waals surface area contributed by atoms with E-state index < -0.39 is 5.82 Å². The van der Waals surface area contributed by atoms with Crippen molar-refractivity contribution in [3.63, 3.8) is 0 Å². The van der Waals surface area contributed by atoms with Crippen LogP contribution in [0.1, 0.15) is 0 Å². The molecular weight excluding hydrogens is 211 g/mol. The summed E-state index contributed by atoms with van der Waals surface area (Å²) >= 11 is 0. The Kier molecular flexibility index (Phi) is 3.14. The average Bonchev–Trinajstić information content (AvgIpc) is 2.34. The monoisotopic (exact) mass is 226 g/mol. The molecule has 0 unspecified atom stereocenters. The number of hydrogen-bond donors (Lipinski definition) is 2. The van der Waals surface area contributed by atoms with Gasteiger partial charge >= 0.3 is 0 Å². The number of methoxy groups -OCH3 is 1. The minimum Gasteiger partial charge on any atom is -0.503 e. The largest absolute Gasteiger partial charge is 0.503 e. The van der Waals surface area contributed by atoms with Crippen molar-refractivity contribution in [2.75, 3.05) is 38.2 Å². The molecule has 1 aliphatic heterocycles. The first-order valence-electron chi connectivity index (χ1n) is 5.25. The van der Waals surface area contributed by atoms with E-state index in [1.807, 2.05) is 4.90 Å². The predicted molar refractivity (Wildman–Crippen MR) is 59.7 cm³/mol. The van der Waals surface area contributed by atoms with Crippen molar-refractivity contribution < 1.29 is 14.2 Å². The van der Waals surface area contributed by atoms with Crippen LogP contribution in [0.15, 0.2) is 12.1 Å². The Morgan fingerprint density at radius 2 is 2.06 bits per heavy atom. The normalized spacial score (nSPS) is 16.2. The smallest absolute Gasteiger partial charge is 0.208 e. The topological polar surface area (TPSA) is 44.7 Å². The lowest BCUT2D eigenvalue weighted by Crippen LogP contribution is -2.43. The molecule has 0 aromatic heterocycles. The fraction of sp³-hybridized carbons (Fsp3) is 0.455. The van der Waals surface area contributed by atoms with Crippen LogP contribution in [0, 0.1) is 5.82 Å². The third-order valence-electron chi connectivity index (χ3n) is 2.74. The molecule has 1 aliphatic rings. The minimum absolute atomic E-state index is 0.0661. The van der Waals surface area contributed by atoms with Gasteiger partial charge in [-0.05, 0) is 12.1 Å². The molecule has 0 spiro atoms. The summed E-state index contributed by atoms with van der Waals surface area (Å²) in [5.41, 5.74) is 0.528. The van der Waals surface area contributed by atoms with Crippen molar-refractivity contribution >= 4 is 5.69 Å². The first-order valence-corrected chi connectivity index (χ1v) is 5.25. The number of anilines is 1. The van der Waals surface area contributed by atoms with Crippen molar-refractivity contribution in [3.8, 4) is 11.5 Å². The molecule has 5 heteroatoms. The molecule has 1 aromatic rings.